The topological polar surface area (TPSA) is 185 Å². The highest BCUT2D eigenvalue weighted by molar-refractivity contribution is 6.24. The molecule has 40 heavy (non-hydrogen) atoms. The minimum atomic E-state index is -2.94. The average Bonchev–Trinajstić information content (AvgIpc) is 2.88. The number of phenols is 1. The Kier molecular flexibility index (Phi) is 6.29. The third-order valence-corrected chi connectivity index (χ3v) is 8.35. The summed E-state index contributed by atoms with van der Waals surface area (Å²) in [6.45, 7) is 0. The summed E-state index contributed by atoms with van der Waals surface area (Å²) in [5.41, 5.74) is 3.07. The van der Waals surface area contributed by atoms with Crippen LogP contribution in [0.25, 0.3) is 16.9 Å². The molecule has 0 bridgehead atoms. The van der Waals surface area contributed by atoms with Crippen molar-refractivity contribution in [2.45, 2.75) is 24.2 Å². The summed E-state index contributed by atoms with van der Waals surface area (Å²) < 4.78 is 0. The highest BCUT2D eigenvalue weighted by Crippen LogP contribution is 2.55. The van der Waals surface area contributed by atoms with E-state index < -0.39 is 69.7 Å². The minimum absolute atomic E-state index is 0.0359. The van der Waals surface area contributed by atoms with Gasteiger partial charge in [0.05, 0.1) is 23.6 Å². The van der Waals surface area contributed by atoms with Crippen molar-refractivity contribution < 1.29 is 39.9 Å². The van der Waals surface area contributed by atoms with Gasteiger partial charge < -0.3 is 36.2 Å². The Bertz CT molecular complexity index is 1530. The summed E-state index contributed by atoms with van der Waals surface area (Å²) in [6.07, 6.45) is -1.67. The highest BCUT2D eigenvalue weighted by atomic mass is 16.4. The first kappa shape index (κ1) is 27.4. The van der Waals surface area contributed by atoms with Crippen molar-refractivity contribution >= 4 is 28.9 Å². The predicted molar refractivity (Wildman–Crippen MR) is 145 cm³/mol. The van der Waals surface area contributed by atoms with Crippen LogP contribution in [-0.4, -0.2) is 93.8 Å². The summed E-state index contributed by atoms with van der Waals surface area (Å²) in [5, 5.41) is 57.4. The zero-order chi connectivity index (χ0) is 29.4. The number of ketones is 2. The fraction of sp³-hybridized carbons (Fsp3) is 0.345. The number of hydrogen-bond acceptors (Lipinski definition) is 10. The van der Waals surface area contributed by atoms with E-state index in [2.05, 4.69) is 0 Å². The van der Waals surface area contributed by atoms with Gasteiger partial charge in [0.2, 0.25) is 5.78 Å². The van der Waals surface area contributed by atoms with Crippen LogP contribution in [-0.2, 0) is 20.8 Å². The molecule has 3 aliphatic carbocycles. The number of aliphatic hydroxyl groups excluding tert-OH is 3. The third-order valence-electron chi connectivity index (χ3n) is 8.35. The van der Waals surface area contributed by atoms with Gasteiger partial charge >= 0.3 is 0 Å². The molecule has 210 valence electrons. The van der Waals surface area contributed by atoms with Gasteiger partial charge in [0, 0.05) is 36.8 Å². The quantitative estimate of drug-likeness (QED) is 0.296. The molecular weight excluding hydrogens is 518 g/mol. The Hall–Kier alpha value is -4.19. The number of benzene rings is 2. The normalized spacial score (nSPS) is 27.9. The fourth-order valence-electron chi connectivity index (χ4n) is 6.54. The lowest BCUT2D eigenvalue weighted by Gasteiger charge is -2.52. The van der Waals surface area contributed by atoms with E-state index in [-0.39, 0.29) is 17.7 Å². The van der Waals surface area contributed by atoms with Crippen molar-refractivity contribution in [2.75, 3.05) is 33.1 Å². The number of amides is 1. The maximum absolute atomic E-state index is 14.1. The summed E-state index contributed by atoms with van der Waals surface area (Å²) in [7, 11) is 6.48. The van der Waals surface area contributed by atoms with Crippen LogP contribution in [0.15, 0.2) is 53.3 Å². The van der Waals surface area contributed by atoms with E-state index in [9.17, 15) is 39.9 Å². The Morgan fingerprint density at radius 1 is 1.05 bits per heavy atom. The molecule has 0 heterocycles. The van der Waals surface area contributed by atoms with E-state index in [4.69, 9.17) is 5.73 Å². The molecule has 1 saturated carbocycles. The first-order valence-corrected chi connectivity index (χ1v) is 12.7. The first-order chi connectivity index (χ1) is 18.7. The molecular formula is C29H31N3O8. The van der Waals surface area contributed by atoms with Crippen molar-refractivity contribution in [1.29, 1.82) is 0 Å². The molecule has 5 atom stereocenters. The fourth-order valence-corrected chi connectivity index (χ4v) is 6.54. The Morgan fingerprint density at radius 2 is 1.68 bits per heavy atom. The second-order valence-corrected chi connectivity index (χ2v) is 11.0. The van der Waals surface area contributed by atoms with Gasteiger partial charge in [-0.15, -0.1) is 0 Å². The predicted octanol–water partition coefficient (Wildman–Crippen LogP) is 0.668. The molecule has 5 unspecified atom stereocenters. The molecule has 0 aliphatic heterocycles. The maximum atomic E-state index is 14.1. The molecule has 5 rings (SSSR count). The molecule has 7 N–H and O–H groups in total. The van der Waals surface area contributed by atoms with E-state index in [0.717, 1.165) is 0 Å². The zero-order valence-corrected chi connectivity index (χ0v) is 22.4. The molecule has 2 aromatic carbocycles. The average molecular weight is 550 g/mol. The monoisotopic (exact) mass is 549 g/mol. The number of nitrogens with zero attached hydrogens (tertiary/aromatic N) is 2. The van der Waals surface area contributed by atoms with Crippen molar-refractivity contribution in [3.63, 3.8) is 0 Å². The van der Waals surface area contributed by atoms with E-state index in [0.29, 0.717) is 22.4 Å². The van der Waals surface area contributed by atoms with Gasteiger partial charge in [0.1, 0.15) is 22.8 Å². The minimum Gasteiger partial charge on any atom is -0.508 e. The standard InChI is InChI=1S/C29H31N3O8/c1-31(2)16-11-13(12-8-6-5-7-9-12)22(33)17-14(16)10-15-18(24(17)35)26(37)29(40)20(23(15)34)21(32(3)4)25(36)19(27(29)38)28(30)39/h5-9,11,15,20-21,23,33-35,38,40H,10H2,1-4H3,(H2,30,39). The van der Waals surface area contributed by atoms with Gasteiger partial charge in [0.25, 0.3) is 5.91 Å². The smallest absolute Gasteiger partial charge is 0.255 e. The van der Waals surface area contributed by atoms with E-state index >= 15 is 0 Å². The van der Waals surface area contributed by atoms with E-state index in [1.54, 1.807) is 49.3 Å². The number of anilines is 1. The number of aliphatic hydroxyl groups is 4. The zero-order valence-electron chi connectivity index (χ0n) is 22.4. The number of primary amides is 1. The Balaban J connectivity index is 1.82. The summed E-state index contributed by atoms with van der Waals surface area (Å²) in [6, 6.07) is 9.27. The number of Topliss-reactive ketones (excluding diaryl/α,β-unsaturated/α-hetero) is 2. The summed E-state index contributed by atoms with van der Waals surface area (Å²) in [5.74, 6) is -8.43. The third kappa shape index (κ3) is 3.51. The molecule has 1 amide bonds. The van der Waals surface area contributed by atoms with Gasteiger partial charge in [-0.25, -0.2) is 0 Å². The number of nitrogens with two attached hydrogens (primary N) is 1. The van der Waals surface area contributed by atoms with Crippen LogP contribution in [0.4, 0.5) is 5.69 Å². The van der Waals surface area contributed by atoms with Gasteiger partial charge in [-0.2, -0.15) is 0 Å². The number of carbonyl (C=O) groups is 3. The van der Waals surface area contributed by atoms with Crippen molar-refractivity contribution in [3.05, 3.63) is 64.4 Å². The number of likely N-dealkylation sites (N-methyl/N-ethyl adjacent to an activating group) is 1. The van der Waals surface area contributed by atoms with Crippen LogP contribution in [0.1, 0.15) is 11.1 Å². The molecule has 0 saturated heterocycles. The molecule has 0 spiro atoms. The number of fused-ring (bicyclic) bond motifs is 3. The van der Waals surface area contributed by atoms with Crippen LogP contribution in [0.3, 0.4) is 0 Å². The van der Waals surface area contributed by atoms with Gasteiger partial charge in [-0.3, -0.25) is 19.3 Å². The molecule has 0 radical (unpaired) electrons. The Morgan fingerprint density at radius 3 is 2.23 bits per heavy atom. The van der Waals surface area contributed by atoms with Crippen molar-refractivity contribution in [3.8, 4) is 16.9 Å². The summed E-state index contributed by atoms with van der Waals surface area (Å²) >= 11 is 0. The lowest BCUT2D eigenvalue weighted by molar-refractivity contribution is -0.168. The highest BCUT2D eigenvalue weighted by Gasteiger charge is 2.67. The van der Waals surface area contributed by atoms with Gasteiger partial charge in [0.15, 0.2) is 11.4 Å². The van der Waals surface area contributed by atoms with Crippen LogP contribution < -0.4 is 10.6 Å². The molecule has 0 aromatic heterocycles. The maximum Gasteiger partial charge on any atom is 0.255 e. The van der Waals surface area contributed by atoms with Gasteiger partial charge in [-0.05, 0) is 37.7 Å². The molecule has 1 fully saturated rings. The van der Waals surface area contributed by atoms with Crippen LogP contribution in [0.2, 0.25) is 0 Å². The SMILES string of the molecule is CN(C)c1cc(-c2ccccc2)c(O)c2c1CC1C(=C2O)C(=O)C2(O)C(O)=C(C(N)=O)C(=O)C(N(C)C)C2C1O. The number of phenolic OH excluding ortho intramolecular Hbond substituents is 1. The second-order valence-electron chi connectivity index (χ2n) is 11.0. The van der Waals surface area contributed by atoms with E-state index in [1.807, 2.05) is 6.07 Å². The van der Waals surface area contributed by atoms with E-state index in [1.165, 1.54) is 19.0 Å². The number of hydrogen-bond donors (Lipinski definition) is 6. The van der Waals surface area contributed by atoms with Crippen molar-refractivity contribution in [2.24, 2.45) is 17.6 Å². The summed E-state index contributed by atoms with van der Waals surface area (Å²) in [4.78, 5) is 42.6. The molecule has 2 aromatic rings. The Labute approximate surface area is 230 Å². The molecule has 3 aliphatic rings. The number of rotatable bonds is 4. The number of aromatic hydroxyl groups is 1. The van der Waals surface area contributed by atoms with Crippen LogP contribution in [0, 0.1) is 11.8 Å². The first-order valence-electron chi connectivity index (χ1n) is 12.7. The van der Waals surface area contributed by atoms with Crippen LogP contribution >= 0.6 is 0 Å². The lowest BCUT2D eigenvalue weighted by Crippen LogP contribution is -2.70. The van der Waals surface area contributed by atoms with Crippen molar-refractivity contribution in [1.82, 2.24) is 4.90 Å². The molecule has 11 nitrogen and oxygen atoms in total. The number of carbonyl (C=O) groups excluding carboxylic acids is 3. The van der Waals surface area contributed by atoms with Gasteiger partial charge in [-0.1, -0.05) is 30.3 Å². The lowest BCUT2D eigenvalue weighted by atomic mass is 9.56. The largest absolute Gasteiger partial charge is 0.508 e. The molecule has 11 heteroatoms. The second kappa shape index (κ2) is 9.19. The van der Waals surface area contributed by atoms with Crippen LogP contribution in [0.5, 0.6) is 5.75 Å².